The van der Waals surface area contributed by atoms with Crippen molar-refractivity contribution in [1.82, 2.24) is 15.2 Å². The minimum atomic E-state index is -0.933. The van der Waals surface area contributed by atoms with Gasteiger partial charge in [0.05, 0.1) is 16.8 Å². The molecule has 2 N–H and O–H groups in total. The molecule has 0 aliphatic carbocycles. The number of hydrogen-bond donors (Lipinski definition) is 2. The predicted octanol–water partition coefficient (Wildman–Crippen LogP) is 0.494. The lowest BCUT2D eigenvalue weighted by atomic mass is 10.1. The lowest BCUT2D eigenvalue weighted by Crippen LogP contribution is -2.47. The minimum absolute atomic E-state index is 0.177. The molecule has 0 saturated carbocycles. The van der Waals surface area contributed by atoms with Crippen molar-refractivity contribution < 1.29 is 9.90 Å². The third kappa shape index (κ3) is 4.41. The number of aliphatic hydroxyl groups is 1. The lowest BCUT2D eigenvalue weighted by Gasteiger charge is -2.26. The maximum absolute atomic E-state index is 11.8. The van der Waals surface area contributed by atoms with Gasteiger partial charge in [-0.25, -0.2) is 4.98 Å². The van der Waals surface area contributed by atoms with Crippen LogP contribution in [0.2, 0.25) is 0 Å². The van der Waals surface area contributed by atoms with Gasteiger partial charge < -0.3 is 15.3 Å². The second-order valence-electron chi connectivity index (χ2n) is 4.68. The normalized spacial score (nSPS) is 14.7. The first-order valence-electron chi connectivity index (χ1n) is 5.37. The highest BCUT2D eigenvalue weighted by Gasteiger charge is 2.23. The van der Waals surface area contributed by atoms with Crippen LogP contribution in [0.25, 0.3) is 0 Å². The Morgan fingerprint density at radius 3 is 2.76 bits per heavy atom. The van der Waals surface area contributed by atoms with Gasteiger partial charge in [-0.3, -0.25) is 4.79 Å². The molecular weight excluding hydrogens is 238 g/mol. The first kappa shape index (κ1) is 14.1. The van der Waals surface area contributed by atoms with Crippen LogP contribution in [0.4, 0.5) is 0 Å². The number of rotatable bonds is 5. The molecule has 5 nitrogen and oxygen atoms in total. The molecule has 1 unspecified atom stereocenters. The van der Waals surface area contributed by atoms with Crippen molar-refractivity contribution in [2.45, 2.75) is 19.4 Å². The molecule has 0 saturated heterocycles. The van der Waals surface area contributed by atoms with Crippen LogP contribution >= 0.6 is 11.3 Å². The largest absolute Gasteiger partial charge is 0.387 e. The third-order valence-corrected chi connectivity index (χ3v) is 3.17. The summed E-state index contributed by atoms with van der Waals surface area (Å²) in [4.78, 5) is 18.3. The number of nitrogens with one attached hydrogen (secondary N) is 1. The number of amides is 1. The second-order valence-corrected chi connectivity index (χ2v) is 5.54. The maximum Gasteiger partial charge on any atom is 0.263 e. The average Bonchev–Trinajstić information content (AvgIpc) is 2.59. The summed E-state index contributed by atoms with van der Waals surface area (Å²) in [5.74, 6) is -0.177. The highest BCUT2D eigenvalue weighted by molar-refractivity contribution is 7.11. The number of aromatic nitrogens is 1. The SMILES string of the molecule is Cc1ncsc1C(=O)NCC(C)(O)CN(C)C. The molecule has 1 aromatic rings. The Hall–Kier alpha value is -0.980. The van der Waals surface area contributed by atoms with Crippen molar-refractivity contribution in [3.8, 4) is 0 Å². The molecule has 0 aromatic carbocycles. The Morgan fingerprint density at radius 2 is 2.29 bits per heavy atom. The van der Waals surface area contributed by atoms with Gasteiger partial charge in [0.15, 0.2) is 0 Å². The molecule has 1 heterocycles. The molecule has 1 rings (SSSR count). The molecule has 0 aliphatic rings. The summed E-state index contributed by atoms with van der Waals surface area (Å²) in [6.07, 6.45) is 0. The predicted molar refractivity (Wildman–Crippen MR) is 68.4 cm³/mol. The Balaban J connectivity index is 2.51. The molecule has 17 heavy (non-hydrogen) atoms. The van der Waals surface area contributed by atoms with E-state index in [0.717, 1.165) is 5.69 Å². The Bertz CT molecular complexity index is 388. The van der Waals surface area contributed by atoms with Gasteiger partial charge in [0.2, 0.25) is 0 Å². The number of aryl methyl sites for hydroxylation is 1. The molecule has 96 valence electrons. The van der Waals surface area contributed by atoms with Crippen LogP contribution in [0.3, 0.4) is 0 Å². The molecule has 0 spiro atoms. The van der Waals surface area contributed by atoms with Crippen molar-refractivity contribution in [2.24, 2.45) is 0 Å². The number of nitrogens with zero attached hydrogens (tertiary/aromatic N) is 2. The summed E-state index contributed by atoms with van der Waals surface area (Å²) >= 11 is 1.31. The van der Waals surface area contributed by atoms with Gasteiger partial charge in [0.1, 0.15) is 4.88 Å². The molecule has 0 aliphatic heterocycles. The monoisotopic (exact) mass is 257 g/mol. The van der Waals surface area contributed by atoms with Gasteiger partial charge in [-0.2, -0.15) is 0 Å². The highest BCUT2D eigenvalue weighted by atomic mass is 32.1. The van der Waals surface area contributed by atoms with E-state index in [0.29, 0.717) is 11.4 Å². The fourth-order valence-corrected chi connectivity index (χ4v) is 2.33. The van der Waals surface area contributed by atoms with E-state index in [1.54, 1.807) is 19.4 Å². The van der Waals surface area contributed by atoms with E-state index in [9.17, 15) is 9.90 Å². The number of carbonyl (C=O) groups is 1. The van der Waals surface area contributed by atoms with Gasteiger partial charge >= 0.3 is 0 Å². The zero-order valence-electron chi connectivity index (χ0n) is 10.6. The van der Waals surface area contributed by atoms with Crippen LogP contribution in [0.1, 0.15) is 22.3 Å². The van der Waals surface area contributed by atoms with Crippen molar-refractivity contribution >= 4 is 17.2 Å². The van der Waals surface area contributed by atoms with Gasteiger partial charge in [-0.1, -0.05) is 0 Å². The molecule has 0 radical (unpaired) electrons. The molecule has 6 heteroatoms. The summed E-state index contributed by atoms with van der Waals surface area (Å²) < 4.78 is 0. The van der Waals surface area contributed by atoms with Gasteiger partial charge in [0, 0.05) is 13.1 Å². The summed E-state index contributed by atoms with van der Waals surface area (Å²) in [7, 11) is 3.76. The van der Waals surface area contributed by atoms with Gasteiger partial charge in [0.25, 0.3) is 5.91 Å². The zero-order chi connectivity index (χ0) is 13.1. The maximum atomic E-state index is 11.8. The molecule has 0 bridgehead atoms. The first-order valence-corrected chi connectivity index (χ1v) is 6.25. The Morgan fingerprint density at radius 1 is 1.65 bits per heavy atom. The molecule has 1 atom stereocenters. The van der Waals surface area contributed by atoms with Crippen LogP contribution in [-0.2, 0) is 0 Å². The van der Waals surface area contributed by atoms with Gasteiger partial charge in [-0.05, 0) is 27.9 Å². The number of thiazole rings is 1. The van der Waals surface area contributed by atoms with E-state index in [1.165, 1.54) is 11.3 Å². The van der Waals surface area contributed by atoms with Crippen LogP contribution in [0.5, 0.6) is 0 Å². The highest BCUT2D eigenvalue weighted by Crippen LogP contribution is 2.12. The average molecular weight is 257 g/mol. The summed E-state index contributed by atoms with van der Waals surface area (Å²) in [5, 5.41) is 12.8. The number of carbonyl (C=O) groups excluding carboxylic acids is 1. The summed E-state index contributed by atoms with van der Waals surface area (Å²) in [6, 6.07) is 0. The topological polar surface area (TPSA) is 65.5 Å². The number of hydrogen-bond acceptors (Lipinski definition) is 5. The fraction of sp³-hybridized carbons (Fsp3) is 0.636. The van der Waals surface area contributed by atoms with E-state index in [2.05, 4.69) is 10.3 Å². The molecule has 0 fully saturated rings. The lowest BCUT2D eigenvalue weighted by molar-refractivity contribution is 0.0326. The van der Waals surface area contributed by atoms with E-state index in [1.807, 2.05) is 19.0 Å². The van der Waals surface area contributed by atoms with E-state index >= 15 is 0 Å². The van der Waals surface area contributed by atoms with E-state index in [4.69, 9.17) is 0 Å². The van der Waals surface area contributed by atoms with Crippen molar-refractivity contribution in [3.05, 3.63) is 16.1 Å². The Labute approximate surface area is 105 Å². The summed E-state index contributed by atoms with van der Waals surface area (Å²) in [6.45, 7) is 4.21. The van der Waals surface area contributed by atoms with Crippen molar-refractivity contribution in [1.29, 1.82) is 0 Å². The van der Waals surface area contributed by atoms with Crippen molar-refractivity contribution in [3.63, 3.8) is 0 Å². The van der Waals surface area contributed by atoms with Crippen molar-refractivity contribution in [2.75, 3.05) is 27.2 Å². The standard InChI is InChI=1S/C11H19N3O2S/c1-8-9(17-7-13-8)10(15)12-5-11(2,16)6-14(3)4/h7,16H,5-6H2,1-4H3,(H,12,15). The van der Waals surface area contributed by atoms with Crippen LogP contribution < -0.4 is 5.32 Å². The quantitative estimate of drug-likeness (QED) is 0.806. The number of likely N-dealkylation sites (N-methyl/N-ethyl adjacent to an activating group) is 1. The van der Waals surface area contributed by atoms with Crippen LogP contribution in [0.15, 0.2) is 5.51 Å². The fourth-order valence-electron chi connectivity index (χ4n) is 1.61. The zero-order valence-corrected chi connectivity index (χ0v) is 11.5. The third-order valence-electron chi connectivity index (χ3n) is 2.24. The van der Waals surface area contributed by atoms with E-state index in [-0.39, 0.29) is 12.5 Å². The Kier molecular flexibility index (Phi) is 4.62. The molecule has 1 aromatic heterocycles. The smallest absolute Gasteiger partial charge is 0.263 e. The molecular formula is C11H19N3O2S. The second kappa shape index (κ2) is 5.57. The summed E-state index contributed by atoms with van der Waals surface area (Å²) in [5.41, 5.74) is 1.43. The molecule has 1 amide bonds. The van der Waals surface area contributed by atoms with Crippen LogP contribution in [0, 0.1) is 6.92 Å². The van der Waals surface area contributed by atoms with E-state index < -0.39 is 5.60 Å². The minimum Gasteiger partial charge on any atom is -0.387 e. The van der Waals surface area contributed by atoms with Crippen LogP contribution in [-0.4, -0.2) is 53.7 Å². The van der Waals surface area contributed by atoms with Gasteiger partial charge in [-0.15, -0.1) is 11.3 Å². The first-order chi connectivity index (χ1) is 7.82.